The molecular formula is C15H16O2S. The van der Waals surface area contributed by atoms with Gasteiger partial charge in [0.2, 0.25) is 0 Å². The van der Waals surface area contributed by atoms with E-state index in [1.807, 2.05) is 43.8 Å². The lowest BCUT2D eigenvalue weighted by atomic mass is 9.94. The minimum absolute atomic E-state index is 0.0323. The molecule has 3 atom stereocenters. The van der Waals surface area contributed by atoms with Gasteiger partial charge < -0.3 is 4.74 Å². The van der Waals surface area contributed by atoms with Crippen molar-refractivity contribution in [2.75, 3.05) is 0 Å². The van der Waals surface area contributed by atoms with Crippen molar-refractivity contribution < 1.29 is 9.53 Å². The molecule has 1 fully saturated rings. The summed E-state index contributed by atoms with van der Waals surface area (Å²) in [6.07, 6.45) is 5.28. The lowest BCUT2D eigenvalue weighted by Crippen LogP contribution is -2.26. The molecular weight excluding hydrogens is 244 g/mol. The van der Waals surface area contributed by atoms with Gasteiger partial charge in [-0.25, -0.2) is 0 Å². The minimum atomic E-state index is -0.0759. The van der Waals surface area contributed by atoms with Gasteiger partial charge in [0.05, 0.1) is 5.92 Å². The summed E-state index contributed by atoms with van der Waals surface area (Å²) in [6.45, 7) is 4.02. The zero-order valence-corrected chi connectivity index (χ0v) is 11.4. The standard InChI is InChI=1S/C15H16O2S/c1-9-4-3-5-13(10(9)2)17-15(16)12-8-11-6-7-14(12)18-11/h3-7,11-12,14H,8H2,1-2H3. The summed E-state index contributed by atoms with van der Waals surface area (Å²) < 4.78 is 5.58. The van der Waals surface area contributed by atoms with Gasteiger partial charge in [-0.1, -0.05) is 24.3 Å². The summed E-state index contributed by atoms with van der Waals surface area (Å²) in [4.78, 5) is 12.2. The first-order valence-corrected chi connectivity index (χ1v) is 7.21. The summed E-state index contributed by atoms with van der Waals surface area (Å²) >= 11 is 1.87. The molecule has 1 aromatic carbocycles. The van der Waals surface area contributed by atoms with Crippen molar-refractivity contribution in [3.63, 3.8) is 0 Å². The van der Waals surface area contributed by atoms with E-state index >= 15 is 0 Å². The summed E-state index contributed by atoms with van der Waals surface area (Å²) in [6, 6.07) is 5.83. The number of esters is 1. The van der Waals surface area contributed by atoms with E-state index in [4.69, 9.17) is 4.74 Å². The number of hydrogen-bond donors (Lipinski definition) is 0. The molecule has 0 radical (unpaired) electrons. The molecule has 3 heteroatoms. The molecule has 3 unspecified atom stereocenters. The molecule has 1 aromatic rings. The topological polar surface area (TPSA) is 26.3 Å². The van der Waals surface area contributed by atoms with Crippen molar-refractivity contribution in [1.82, 2.24) is 0 Å². The Morgan fingerprint density at radius 3 is 2.83 bits per heavy atom. The van der Waals surface area contributed by atoms with Gasteiger partial charge in [-0.3, -0.25) is 4.79 Å². The van der Waals surface area contributed by atoms with Crippen LogP contribution in [0.25, 0.3) is 0 Å². The summed E-state index contributed by atoms with van der Waals surface area (Å²) in [5.74, 6) is 0.662. The van der Waals surface area contributed by atoms with Crippen LogP contribution in [-0.2, 0) is 4.79 Å². The smallest absolute Gasteiger partial charge is 0.315 e. The van der Waals surface area contributed by atoms with Gasteiger partial charge >= 0.3 is 5.97 Å². The van der Waals surface area contributed by atoms with Crippen molar-refractivity contribution in [2.45, 2.75) is 30.8 Å². The van der Waals surface area contributed by atoms with Gasteiger partial charge in [-0.05, 0) is 37.5 Å². The van der Waals surface area contributed by atoms with Crippen molar-refractivity contribution in [1.29, 1.82) is 0 Å². The predicted octanol–water partition coefficient (Wildman–Crippen LogP) is 3.27. The number of thioether (sulfide) groups is 1. The fourth-order valence-electron chi connectivity index (χ4n) is 2.52. The maximum atomic E-state index is 12.2. The first kappa shape index (κ1) is 11.8. The summed E-state index contributed by atoms with van der Waals surface area (Å²) in [5.41, 5.74) is 2.21. The molecule has 2 heterocycles. The summed E-state index contributed by atoms with van der Waals surface area (Å²) in [5, 5.41) is 0.846. The number of ether oxygens (including phenoxy) is 1. The van der Waals surface area contributed by atoms with E-state index in [2.05, 4.69) is 12.2 Å². The largest absolute Gasteiger partial charge is 0.426 e. The van der Waals surface area contributed by atoms with Crippen LogP contribution in [0, 0.1) is 19.8 Å². The maximum Gasteiger partial charge on any atom is 0.315 e. The molecule has 0 N–H and O–H groups in total. The minimum Gasteiger partial charge on any atom is -0.426 e. The number of carbonyl (C=O) groups excluding carboxylic acids is 1. The highest BCUT2D eigenvalue weighted by Crippen LogP contribution is 2.45. The van der Waals surface area contributed by atoms with E-state index < -0.39 is 0 Å². The molecule has 0 saturated carbocycles. The van der Waals surface area contributed by atoms with Crippen LogP contribution in [0.4, 0.5) is 0 Å². The Hall–Kier alpha value is -1.22. The molecule has 18 heavy (non-hydrogen) atoms. The molecule has 0 aromatic heterocycles. The van der Waals surface area contributed by atoms with Gasteiger partial charge in [-0.2, -0.15) is 0 Å². The number of fused-ring (bicyclic) bond motifs is 2. The van der Waals surface area contributed by atoms with E-state index in [1.165, 1.54) is 0 Å². The number of carbonyl (C=O) groups is 1. The Balaban J connectivity index is 1.75. The molecule has 1 saturated heterocycles. The monoisotopic (exact) mass is 260 g/mol. The van der Waals surface area contributed by atoms with E-state index in [9.17, 15) is 4.79 Å². The lowest BCUT2D eigenvalue weighted by Gasteiger charge is -2.16. The Morgan fingerprint density at radius 1 is 1.33 bits per heavy atom. The molecule has 0 amide bonds. The third-order valence-corrected chi connectivity index (χ3v) is 5.30. The van der Waals surface area contributed by atoms with Crippen molar-refractivity contribution >= 4 is 17.7 Å². The molecule has 3 rings (SSSR count). The average Bonchev–Trinajstić information content (AvgIpc) is 2.97. The molecule has 0 spiro atoms. The number of aryl methyl sites for hydroxylation is 1. The zero-order valence-electron chi connectivity index (χ0n) is 10.6. The SMILES string of the molecule is Cc1cccc(OC(=O)C2CC3C=CC2S3)c1C. The third-order valence-electron chi connectivity index (χ3n) is 3.80. The first-order chi connectivity index (χ1) is 8.65. The van der Waals surface area contributed by atoms with Crippen LogP contribution in [0.1, 0.15) is 17.5 Å². The molecule has 94 valence electrons. The van der Waals surface area contributed by atoms with E-state index in [-0.39, 0.29) is 11.9 Å². The number of hydrogen-bond acceptors (Lipinski definition) is 3. The fourth-order valence-corrected chi connectivity index (χ4v) is 4.02. The van der Waals surface area contributed by atoms with Crippen LogP contribution in [-0.4, -0.2) is 16.5 Å². The van der Waals surface area contributed by atoms with Crippen LogP contribution >= 0.6 is 11.8 Å². The van der Waals surface area contributed by atoms with Crippen molar-refractivity contribution in [2.24, 2.45) is 5.92 Å². The molecule has 2 aliphatic heterocycles. The van der Waals surface area contributed by atoms with Crippen LogP contribution in [0.3, 0.4) is 0 Å². The number of benzene rings is 1. The quantitative estimate of drug-likeness (QED) is 0.464. The highest BCUT2D eigenvalue weighted by molar-refractivity contribution is 8.01. The first-order valence-electron chi connectivity index (χ1n) is 6.27. The molecule has 0 aliphatic carbocycles. The third kappa shape index (κ3) is 1.97. The van der Waals surface area contributed by atoms with Gasteiger partial charge in [0, 0.05) is 10.5 Å². The Kier molecular flexibility index (Phi) is 2.94. The Bertz CT molecular complexity index is 521. The second-order valence-electron chi connectivity index (χ2n) is 4.99. The fraction of sp³-hybridized carbons (Fsp3) is 0.400. The molecule has 2 nitrogen and oxygen atoms in total. The van der Waals surface area contributed by atoms with E-state index in [0.29, 0.717) is 16.2 Å². The van der Waals surface area contributed by atoms with Gasteiger partial charge in [0.1, 0.15) is 5.75 Å². The van der Waals surface area contributed by atoms with Crippen LogP contribution in [0.5, 0.6) is 5.75 Å². The lowest BCUT2D eigenvalue weighted by molar-refractivity contribution is -0.138. The second kappa shape index (κ2) is 4.47. The van der Waals surface area contributed by atoms with Crippen molar-refractivity contribution in [3.8, 4) is 5.75 Å². The van der Waals surface area contributed by atoms with Crippen LogP contribution < -0.4 is 4.74 Å². The maximum absolute atomic E-state index is 12.2. The van der Waals surface area contributed by atoms with Gasteiger partial charge in [-0.15, -0.1) is 11.8 Å². The second-order valence-corrected chi connectivity index (χ2v) is 6.41. The van der Waals surface area contributed by atoms with Crippen LogP contribution in [0.2, 0.25) is 0 Å². The van der Waals surface area contributed by atoms with E-state index in [1.54, 1.807) is 0 Å². The van der Waals surface area contributed by atoms with E-state index in [0.717, 1.165) is 17.5 Å². The molecule has 2 bridgehead atoms. The number of rotatable bonds is 2. The highest BCUT2D eigenvalue weighted by atomic mass is 32.2. The van der Waals surface area contributed by atoms with Crippen LogP contribution in [0.15, 0.2) is 30.4 Å². The zero-order chi connectivity index (χ0) is 12.7. The van der Waals surface area contributed by atoms with Gasteiger partial charge in [0.15, 0.2) is 0 Å². The molecule has 2 aliphatic rings. The van der Waals surface area contributed by atoms with Crippen molar-refractivity contribution in [3.05, 3.63) is 41.5 Å². The average molecular weight is 260 g/mol. The summed E-state index contributed by atoms with van der Waals surface area (Å²) in [7, 11) is 0. The highest BCUT2D eigenvalue weighted by Gasteiger charge is 2.41. The Morgan fingerprint density at radius 2 is 2.17 bits per heavy atom. The Labute approximate surface area is 111 Å². The normalized spacial score (nSPS) is 28.7. The van der Waals surface area contributed by atoms with Gasteiger partial charge in [0.25, 0.3) is 0 Å². The predicted molar refractivity (Wildman–Crippen MR) is 74.0 cm³/mol.